The molecule has 1 aliphatic rings. The maximum Gasteiger partial charge on any atom is 0.267 e. The Morgan fingerprint density at radius 2 is 1.95 bits per heavy atom. The summed E-state index contributed by atoms with van der Waals surface area (Å²) in [6.07, 6.45) is 1.70. The van der Waals surface area contributed by atoms with Crippen molar-refractivity contribution in [3.8, 4) is 0 Å². The summed E-state index contributed by atoms with van der Waals surface area (Å²) in [6, 6.07) is 5.00. The molecule has 7 heteroatoms. The fourth-order valence-electron chi connectivity index (χ4n) is 2.26. The first kappa shape index (κ1) is 13.0. The maximum atomic E-state index is 12.4. The number of amides is 2. The van der Waals surface area contributed by atoms with Crippen LogP contribution in [-0.4, -0.2) is 21.6 Å². The van der Waals surface area contributed by atoms with E-state index in [9.17, 15) is 9.59 Å². The van der Waals surface area contributed by atoms with Crippen LogP contribution in [0.2, 0.25) is 0 Å². The van der Waals surface area contributed by atoms with Crippen molar-refractivity contribution in [1.29, 1.82) is 0 Å². The number of aromatic nitrogens is 2. The minimum atomic E-state index is -0.375. The smallest absolute Gasteiger partial charge is 0.267 e. The van der Waals surface area contributed by atoms with Gasteiger partial charge in [-0.1, -0.05) is 15.9 Å². The zero-order valence-corrected chi connectivity index (χ0v) is 12.2. The predicted octanol–water partition coefficient (Wildman–Crippen LogP) is 1.44. The Kier molecular flexibility index (Phi) is 2.95. The molecule has 0 aliphatic carbocycles. The molecule has 20 heavy (non-hydrogen) atoms. The number of nitrogens with two attached hydrogens (primary N) is 1. The number of fused-ring (bicyclic) bond motifs is 1. The lowest BCUT2D eigenvalue weighted by Crippen LogP contribution is -2.31. The minimum absolute atomic E-state index is 0.209. The molecule has 2 aromatic rings. The van der Waals surface area contributed by atoms with Gasteiger partial charge in [0.2, 0.25) is 0 Å². The first-order chi connectivity index (χ1) is 9.52. The first-order valence-electron chi connectivity index (χ1n) is 5.94. The van der Waals surface area contributed by atoms with Gasteiger partial charge in [0.05, 0.1) is 11.1 Å². The number of rotatable bonds is 2. The number of hydrogen-bond acceptors (Lipinski definition) is 4. The summed E-state index contributed by atoms with van der Waals surface area (Å²) in [5.74, 6) is -0.442. The third-order valence-electron chi connectivity index (χ3n) is 3.16. The lowest BCUT2D eigenvalue weighted by molar-refractivity contribution is 0.0924. The highest BCUT2D eigenvalue weighted by molar-refractivity contribution is 9.10. The second-order valence-electron chi connectivity index (χ2n) is 4.49. The van der Waals surface area contributed by atoms with E-state index in [2.05, 4.69) is 21.0 Å². The molecule has 0 bridgehead atoms. The average Bonchev–Trinajstić information content (AvgIpc) is 2.89. The minimum Gasteiger partial charge on any atom is -0.326 e. The van der Waals surface area contributed by atoms with Gasteiger partial charge >= 0.3 is 0 Å². The van der Waals surface area contributed by atoms with Crippen molar-refractivity contribution in [2.45, 2.75) is 6.54 Å². The molecule has 102 valence electrons. The van der Waals surface area contributed by atoms with Crippen LogP contribution in [0.4, 0.5) is 5.82 Å². The number of anilines is 1. The van der Waals surface area contributed by atoms with Crippen LogP contribution < -0.4 is 10.6 Å². The SMILES string of the molecule is Cn1cc(CN)c(N2C(=O)c3ccc(Br)cc3C2=O)n1. The Morgan fingerprint density at radius 3 is 2.65 bits per heavy atom. The quantitative estimate of drug-likeness (QED) is 0.842. The van der Waals surface area contributed by atoms with Gasteiger partial charge in [-0.3, -0.25) is 14.3 Å². The summed E-state index contributed by atoms with van der Waals surface area (Å²) >= 11 is 3.30. The molecular weight excluding hydrogens is 324 g/mol. The summed E-state index contributed by atoms with van der Waals surface area (Å²) in [6.45, 7) is 0.209. The van der Waals surface area contributed by atoms with E-state index in [0.29, 0.717) is 22.5 Å². The van der Waals surface area contributed by atoms with Crippen LogP contribution >= 0.6 is 15.9 Å². The Morgan fingerprint density at radius 1 is 1.25 bits per heavy atom. The van der Waals surface area contributed by atoms with Crippen molar-refractivity contribution in [2.24, 2.45) is 12.8 Å². The molecule has 0 atom stereocenters. The first-order valence-corrected chi connectivity index (χ1v) is 6.73. The Labute approximate surface area is 123 Å². The second-order valence-corrected chi connectivity index (χ2v) is 5.41. The van der Waals surface area contributed by atoms with Gasteiger partial charge in [0.15, 0.2) is 5.82 Å². The fraction of sp³-hybridized carbons (Fsp3) is 0.154. The molecule has 2 heterocycles. The Bertz CT molecular complexity index is 738. The highest BCUT2D eigenvalue weighted by atomic mass is 79.9. The zero-order chi connectivity index (χ0) is 14.4. The van der Waals surface area contributed by atoms with Crippen molar-refractivity contribution in [1.82, 2.24) is 9.78 Å². The summed E-state index contributed by atoms with van der Waals surface area (Å²) in [7, 11) is 1.72. The van der Waals surface area contributed by atoms with E-state index in [0.717, 1.165) is 9.37 Å². The van der Waals surface area contributed by atoms with Crippen LogP contribution in [0.15, 0.2) is 28.9 Å². The molecule has 0 fully saturated rings. The number of halogens is 1. The monoisotopic (exact) mass is 334 g/mol. The molecule has 2 amide bonds. The average molecular weight is 335 g/mol. The van der Waals surface area contributed by atoms with E-state index in [1.54, 1.807) is 31.4 Å². The zero-order valence-electron chi connectivity index (χ0n) is 10.6. The number of carbonyl (C=O) groups is 2. The van der Waals surface area contributed by atoms with Crippen molar-refractivity contribution in [3.63, 3.8) is 0 Å². The molecular formula is C13H11BrN4O2. The normalized spacial score (nSPS) is 14.1. The van der Waals surface area contributed by atoms with Crippen molar-refractivity contribution < 1.29 is 9.59 Å². The number of aryl methyl sites for hydroxylation is 1. The molecule has 0 radical (unpaired) electrons. The third kappa shape index (κ3) is 1.78. The molecule has 1 aromatic heterocycles. The number of benzene rings is 1. The summed E-state index contributed by atoms with van der Waals surface area (Å²) in [5.41, 5.74) is 7.05. The van der Waals surface area contributed by atoms with E-state index in [-0.39, 0.29) is 18.4 Å². The lowest BCUT2D eigenvalue weighted by atomic mass is 10.1. The van der Waals surface area contributed by atoms with Gasteiger partial charge in [-0.25, -0.2) is 4.90 Å². The van der Waals surface area contributed by atoms with Crippen LogP contribution in [0, 0.1) is 0 Å². The van der Waals surface area contributed by atoms with Crippen LogP contribution in [0.5, 0.6) is 0 Å². The van der Waals surface area contributed by atoms with E-state index in [1.165, 1.54) is 4.68 Å². The fourth-order valence-corrected chi connectivity index (χ4v) is 2.62. The van der Waals surface area contributed by atoms with E-state index in [4.69, 9.17) is 5.73 Å². The number of imide groups is 1. The molecule has 3 rings (SSSR count). The summed E-state index contributed by atoms with van der Waals surface area (Å²) < 4.78 is 2.29. The molecule has 6 nitrogen and oxygen atoms in total. The van der Waals surface area contributed by atoms with E-state index < -0.39 is 0 Å². The van der Waals surface area contributed by atoms with E-state index in [1.807, 2.05) is 0 Å². The largest absolute Gasteiger partial charge is 0.326 e. The number of hydrogen-bond donors (Lipinski definition) is 1. The molecule has 0 unspecified atom stereocenters. The van der Waals surface area contributed by atoms with Gasteiger partial charge in [0.25, 0.3) is 11.8 Å². The van der Waals surface area contributed by atoms with Gasteiger partial charge in [-0.2, -0.15) is 5.10 Å². The van der Waals surface area contributed by atoms with Crippen molar-refractivity contribution in [3.05, 3.63) is 45.6 Å². The van der Waals surface area contributed by atoms with Crippen LogP contribution in [0.3, 0.4) is 0 Å². The lowest BCUT2D eigenvalue weighted by Gasteiger charge is -2.11. The van der Waals surface area contributed by atoms with Crippen molar-refractivity contribution >= 4 is 33.6 Å². The maximum absolute atomic E-state index is 12.4. The standard InChI is InChI=1S/C13H11BrN4O2/c1-17-6-7(5-15)11(16-17)18-12(19)9-3-2-8(14)4-10(9)13(18)20/h2-4,6H,5,15H2,1H3. The number of nitrogens with zero attached hydrogens (tertiary/aromatic N) is 3. The van der Waals surface area contributed by atoms with Crippen LogP contribution in [-0.2, 0) is 13.6 Å². The summed E-state index contributed by atoms with van der Waals surface area (Å²) in [5, 5.41) is 4.18. The Hall–Kier alpha value is -1.99. The molecule has 0 spiro atoms. The molecule has 2 N–H and O–H groups in total. The number of carbonyl (C=O) groups excluding carboxylic acids is 2. The Balaban J connectivity index is 2.14. The van der Waals surface area contributed by atoms with Gasteiger partial charge in [0.1, 0.15) is 0 Å². The molecule has 0 saturated heterocycles. The van der Waals surface area contributed by atoms with Crippen molar-refractivity contribution in [2.75, 3.05) is 4.90 Å². The van der Waals surface area contributed by atoms with Crippen LogP contribution in [0.25, 0.3) is 0 Å². The van der Waals surface area contributed by atoms with Gasteiger partial charge < -0.3 is 5.73 Å². The van der Waals surface area contributed by atoms with Gasteiger partial charge in [0, 0.05) is 29.8 Å². The molecule has 1 aromatic carbocycles. The van der Waals surface area contributed by atoms with E-state index >= 15 is 0 Å². The van der Waals surface area contributed by atoms with Gasteiger partial charge in [-0.05, 0) is 18.2 Å². The third-order valence-corrected chi connectivity index (χ3v) is 3.66. The second kappa shape index (κ2) is 4.53. The topological polar surface area (TPSA) is 81.2 Å². The molecule has 1 aliphatic heterocycles. The van der Waals surface area contributed by atoms with Crippen LogP contribution in [0.1, 0.15) is 26.3 Å². The molecule has 0 saturated carbocycles. The highest BCUT2D eigenvalue weighted by Gasteiger charge is 2.39. The van der Waals surface area contributed by atoms with Gasteiger partial charge in [-0.15, -0.1) is 0 Å². The predicted molar refractivity (Wildman–Crippen MR) is 76.4 cm³/mol. The highest BCUT2D eigenvalue weighted by Crippen LogP contribution is 2.31. The summed E-state index contributed by atoms with van der Waals surface area (Å²) in [4.78, 5) is 25.9.